The number of nitrogens with one attached hydrogen (secondary N) is 3. The van der Waals surface area contributed by atoms with E-state index >= 15 is 0 Å². The first-order valence-electron chi connectivity index (χ1n) is 7.40. The number of hydrogen-bond acceptors (Lipinski definition) is 4. The number of carbonyl (C=O) groups excluding carboxylic acids is 2. The van der Waals surface area contributed by atoms with Crippen LogP contribution in [-0.2, 0) is 4.79 Å². The minimum absolute atomic E-state index is 0.00306. The predicted molar refractivity (Wildman–Crippen MR) is 92.8 cm³/mol. The van der Waals surface area contributed by atoms with Crippen LogP contribution < -0.4 is 20.3 Å². The molecule has 0 aliphatic rings. The number of halogens is 5. The standard InChI is InChI=1S/C16H12BrF4N3O4/c17-9-5-11(22-7-9)14(26)24-23-13(25)4-2-8-1-3-10(27-15(18)19)6-12(8)28-16(20)21/h1-7,15-16,22H,(H,23,25)(H,24,26)/b4-2+. The Morgan fingerprint density at radius 3 is 2.39 bits per heavy atom. The fraction of sp³-hybridized carbons (Fsp3) is 0.125. The second kappa shape index (κ2) is 9.78. The van der Waals surface area contributed by atoms with Crippen molar-refractivity contribution < 1.29 is 36.6 Å². The van der Waals surface area contributed by atoms with Gasteiger partial charge < -0.3 is 14.5 Å². The maximum Gasteiger partial charge on any atom is 0.387 e. The molecule has 28 heavy (non-hydrogen) atoms. The molecule has 2 amide bonds. The number of aromatic nitrogens is 1. The van der Waals surface area contributed by atoms with E-state index in [0.29, 0.717) is 4.47 Å². The minimum Gasteiger partial charge on any atom is -0.435 e. The molecule has 0 unspecified atom stereocenters. The summed E-state index contributed by atoms with van der Waals surface area (Å²) in [6.45, 7) is -6.36. The zero-order valence-corrected chi connectivity index (χ0v) is 15.3. The van der Waals surface area contributed by atoms with Gasteiger partial charge in [0.25, 0.3) is 11.8 Å². The predicted octanol–water partition coefficient (Wildman–Crippen LogP) is 3.45. The van der Waals surface area contributed by atoms with Crippen LogP contribution in [-0.4, -0.2) is 30.0 Å². The van der Waals surface area contributed by atoms with Gasteiger partial charge >= 0.3 is 13.2 Å². The number of benzene rings is 1. The highest BCUT2D eigenvalue weighted by Gasteiger charge is 2.13. The molecule has 7 nitrogen and oxygen atoms in total. The van der Waals surface area contributed by atoms with E-state index in [0.717, 1.165) is 30.4 Å². The number of H-pyrrole nitrogens is 1. The molecule has 0 saturated heterocycles. The summed E-state index contributed by atoms with van der Waals surface area (Å²) in [5, 5.41) is 0. The summed E-state index contributed by atoms with van der Waals surface area (Å²) in [6.07, 6.45) is 3.53. The molecule has 2 aromatic rings. The van der Waals surface area contributed by atoms with E-state index in [1.165, 1.54) is 12.3 Å². The first-order valence-corrected chi connectivity index (χ1v) is 8.20. The molecule has 0 radical (unpaired) electrons. The zero-order chi connectivity index (χ0) is 20.7. The van der Waals surface area contributed by atoms with Gasteiger partial charge in [-0.05, 0) is 40.2 Å². The Morgan fingerprint density at radius 2 is 1.79 bits per heavy atom. The van der Waals surface area contributed by atoms with E-state index < -0.39 is 36.5 Å². The van der Waals surface area contributed by atoms with Gasteiger partial charge in [-0.25, -0.2) is 0 Å². The van der Waals surface area contributed by atoms with Gasteiger partial charge in [0.15, 0.2) is 0 Å². The van der Waals surface area contributed by atoms with Crippen LogP contribution >= 0.6 is 15.9 Å². The van der Waals surface area contributed by atoms with Gasteiger partial charge in [0, 0.05) is 28.4 Å². The summed E-state index contributed by atoms with van der Waals surface area (Å²) in [4.78, 5) is 26.2. The Bertz CT molecular complexity index is 873. The van der Waals surface area contributed by atoms with Gasteiger partial charge in [-0.2, -0.15) is 17.6 Å². The fourth-order valence-electron chi connectivity index (χ4n) is 1.92. The van der Waals surface area contributed by atoms with Crippen molar-refractivity contribution >= 4 is 33.8 Å². The lowest BCUT2D eigenvalue weighted by molar-refractivity contribution is -0.117. The summed E-state index contributed by atoms with van der Waals surface area (Å²) in [7, 11) is 0. The van der Waals surface area contributed by atoms with Crippen LogP contribution in [0.1, 0.15) is 16.1 Å². The normalized spacial score (nSPS) is 11.1. The van der Waals surface area contributed by atoms with Crippen molar-refractivity contribution in [3.63, 3.8) is 0 Å². The van der Waals surface area contributed by atoms with Crippen molar-refractivity contribution in [3.8, 4) is 11.5 Å². The van der Waals surface area contributed by atoms with Crippen molar-refractivity contribution in [3.05, 3.63) is 52.3 Å². The average Bonchev–Trinajstić information content (AvgIpc) is 3.04. The van der Waals surface area contributed by atoms with E-state index in [4.69, 9.17) is 0 Å². The van der Waals surface area contributed by atoms with Crippen LogP contribution in [0.5, 0.6) is 11.5 Å². The fourth-order valence-corrected chi connectivity index (χ4v) is 2.26. The van der Waals surface area contributed by atoms with Crippen LogP contribution in [0.2, 0.25) is 0 Å². The monoisotopic (exact) mass is 465 g/mol. The third kappa shape index (κ3) is 6.61. The van der Waals surface area contributed by atoms with E-state index in [-0.39, 0.29) is 11.3 Å². The molecule has 0 saturated carbocycles. The number of rotatable bonds is 7. The van der Waals surface area contributed by atoms with Gasteiger partial charge in [-0.15, -0.1) is 0 Å². The Hall–Kier alpha value is -3.02. The molecule has 0 atom stereocenters. The third-order valence-electron chi connectivity index (χ3n) is 3.03. The molecule has 1 heterocycles. The van der Waals surface area contributed by atoms with Crippen LogP contribution in [0.4, 0.5) is 17.6 Å². The number of alkyl halides is 4. The summed E-state index contributed by atoms with van der Waals surface area (Å²) < 4.78 is 58.4. The summed E-state index contributed by atoms with van der Waals surface area (Å²) in [5.74, 6) is -2.27. The highest BCUT2D eigenvalue weighted by atomic mass is 79.9. The van der Waals surface area contributed by atoms with Gasteiger partial charge in [-0.1, -0.05) is 0 Å². The van der Waals surface area contributed by atoms with Crippen molar-refractivity contribution in [2.75, 3.05) is 0 Å². The second-order valence-corrected chi connectivity index (χ2v) is 5.88. The molecule has 0 spiro atoms. The molecule has 1 aromatic heterocycles. The summed E-state index contributed by atoms with van der Waals surface area (Å²) in [6, 6.07) is 4.55. The molecule has 3 N–H and O–H groups in total. The number of hydrazine groups is 1. The van der Waals surface area contributed by atoms with E-state index in [1.807, 2.05) is 0 Å². The largest absolute Gasteiger partial charge is 0.435 e. The van der Waals surface area contributed by atoms with Crippen molar-refractivity contribution in [2.45, 2.75) is 13.2 Å². The van der Waals surface area contributed by atoms with Crippen molar-refractivity contribution in [1.29, 1.82) is 0 Å². The zero-order valence-electron chi connectivity index (χ0n) is 13.7. The average molecular weight is 466 g/mol. The third-order valence-corrected chi connectivity index (χ3v) is 3.49. The van der Waals surface area contributed by atoms with Crippen LogP contribution in [0, 0.1) is 0 Å². The van der Waals surface area contributed by atoms with Gasteiger partial charge in [0.1, 0.15) is 17.2 Å². The molecular weight excluding hydrogens is 454 g/mol. The Balaban J connectivity index is 2.02. The molecule has 2 rings (SSSR count). The minimum atomic E-state index is -3.22. The number of ether oxygens (including phenoxy) is 2. The molecule has 0 aliphatic carbocycles. The quantitative estimate of drug-likeness (QED) is 0.331. The second-order valence-electron chi connectivity index (χ2n) is 4.96. The molecule has 0 fully saturated rings. The Kier molecular flexibility index (Phi) is 7.44. The van der Waals surface area contributed by atoms with E-state index in [1.54, 1.807) is 0 Å². The lowest BCUT2D eigenvalue weighted by atomic mass is 10.1. The first kappa shape index (κ1) is 21.3. The molecular formula is C16H12BrF4N3O4. The highest BCUT2D eigenvalue weighted by Crippen LogP contribution is 2.28. The smallest absolute Gasteiger partial charge is 0.387 e. The van der Waals surface area contributed by atoms with E-state index in [9.17, 15) is 27.2 Å². The van der Waals surface area contributed by atoms with Crippen LogP contribution in [0.15, 0.2) is 41.0 Å². The van der Waals surface area contributed by atoms with Crippen molar-refractivity contribution in [1.82, 2.24) is 15.8 Å². The number of amides is 2. The highest BCUT2D eigenvalue weighted by molar-refractivity contribution is 9.10. The lowest BCUT2D eigenvalue weighted by Crippen LogP contribution is -2.40. The van der Waals surface area contributed by atoms with Gasteiger partial charge in [0.2, 0.25) is 0 Å². The summed E-state index contributed by atoms with van der Waals surface area (Å²) >= 11 is 3.15. The van der Waals surface area contributed by atoms with E-state index in [2.05, 4.69) is 41.2 Å². The molecule has 0 bridgehead atoms. The Morgan fingerprint density at radius 1 is 1.07 bits per heavy atom. The molecule has 150 valence electrons. The van der Waals surface area contributed by atoms with Gasteiger partial charge in [-0.3, -0.25) is 20.4 Å². The molecule has 1 aromatic carbocycles. The first-order chi connectivity index (χ1) is 13.2. The number of aromatic amines is 1. The van der Waals surface area contributed by atoms with Gasteiger partial charge in [0.05, 0.1) is 0 Å². The number of carbonyl (C=O) groups is 2. The maximum atomic E-state index is 12.5. The number of hydrogen-bond donors (Lipinski definition) is 3. The maximum absolute atomic E-state index is 12.5. The Labute approximate surface area is 163 Å². The summed E-state index contributed by atoms with van der Waals surface area (Å²) in [5.41, 5.74) is 4.39. The topological polar surface area (TPSA) is 92.4 Å². The lowest BCUT2D eigenvalue weighted by Gasteiger charge is -2.11. The molecule has 0 aliphatic heterocycles. The van der Waals surface area contributed by atoms with Crippen LogP contribution in [0.3, 0.4) is 0 Å². The SMILES string of the molecule is O=C(/C=C/c1ccc(OC(F)F)cc1OC(F)F)NNC(=O)c1cc(Br)c[nH]1. The van der Waals surface area contributed by atoms with Crippen LogP contribution in [0.25, 0.3) is 6.08 Å². The molecule has 12 heteroatoms. The van der Waals surface area contributed by atoms with Crippen molar-refractivity contribution in [2.24, 2.45) is 0 Å².